The van der Waals surface area contributed by atoms with Gasteiger partial charge in [0.1, 0.15) is 5.75 Å². The number of aromatic nitrogens is 3. The van der Waals surface area contributed by atoms with Gasteiger partial charge >= 0.3 is 0 Å². The third-order valence-electron chi connectivity index (χ3n) is 4.32. The van der Waals surface area contributed by atoms with Crippen molar-refractivity contribution in [1.82, 2.24) is 19.5 Å². The highest BCUT2D eigenvalue weighted by atomic mass is 16.5. The summed E-state index contributed by atoms with van der Waals surface area (Å²) in [6.07, 6.45) is 3.79. The number of pyridine rings is 1. The van der Waals surface area contributed by atoms with Gasteiger partial charge in [-0.1, -0.05) is 24.3 Å². The Morgan fingerprint density at radius 1 is 1.12 bits per heavy atom. The van der Waals surface area contributed by atoms with E-state index in [4.69, 9.17) is 4.74 Å². The summed E-state index contributed by atoms with van der Waals surface area (Å²) in [5, 5.41) is 8.50. The van der Waals surface area contributed by atoms with Crippen LogP contribution in [-0.2, 0) is 4.79 Å². The summed E-state index contributed by atoms with van der Waals surface area (Å²) >= 11 is 0. The third kappa shape index (κ3) is 2.71. The van der Waals surface area contributed by atoms with E-state index in [1.807, 2.05) is 64.0 Å². The maximum atomic E-state index is 12.6. The summed E-state index contributed by atoms with van der Waals surface area (Å²) in [7, 11) is 0. The number of amides is 1. The van der Waals surface area contributed by atoms with E-state index in [-0.39, 0.29) is 18.6 Å². The van der Waals surface area contributed by atoms with Gasteiger partial charge in [0.05, 0.1) is 6.04 Å². The van der Waals surface area contributed by atoms with Gasteiger partial charge in [-0.05, 0) is 37.1 Å². The quantitative estimate of drug-likeness (QED) is 0.740. The highest BCUT2D eigenvalue weighted by Crippen LogP contribution is 2.31. The molecule has 2 aromatic heterocycles. The van der Waals surface area contributed by atoms with Crippen molar-refractivity contribution < 1.29 is 9.53 Å². The molecular weight excluding hydrogens is 304 g/mol. The number of carbonyl (C=O) groups is 1. The number of fused-ring (bicyclic) bond motifs is 1. The fraction of sp³-hybridized carbons (Fsp3) is 0.278. The van der Waals surface area contributed by atoms with E-state index in [9.17, 15) is 4.79 Å². The zero-order valence-corrected chi connectivity index (χ0v) is 13.2. The van der Waals surface area contributed by atoms with E-state index >= 15 is 0 Å². The third-order valence-corrected chi connectivity index (χ3v) is 4.32. The molecule has 6 heteroatoms. The SMILES string of the molecule is O=C(COc1ccccc1)N1CCCC1c1nnc2ccccn12. The minimum atomic E-state index is -0.0470. The van der Waals surface area contributed by atoms with E-state index in [1.165, 1.54) is 0 Å². The van der Waals surface area contributed by atoms with Crippen molar-refractivity contribution in [2.45, 2.75) is 18.9 Å². The lowest BCUT2D eigenvalue weighted by Gasteiger charge is -2.23. The summed E-state index contributed by atoms with van der Waals surface area (Å²) in [5.74, 6) is 1.50. The Balaban J connectivity index is 1.51. The van der Waals surface area contributed by atoms with Crippen LogP contribution in [0.25, 0.3) is 5.65 Å². The second-order valence-corrected chi connectivity index (χ2v) is 5.83. The number of carbonyl (C=O) groups excluding carboxylic acids is 1. The lowest BCUT2D eigenvalue weighted by molar-refractivity contribution is -0.134. The molecule has 0 bridgehead atoms. The Hall–Kier alpha value is -2.89. The number of ether oxygens (including phenoxy) is 1. The normalized spacial score (nSPS) is 17.3. The van der Waals surface area contributed by atoms with E-state index in [1.54, 1.807) is 0 Å². The van der Waals surface area contributed by atoms with Gasteiger partial charge in [0.15, 0.2) is 18.1 Å². The van der Waals surface area contributed by atoms with Crippen LogP contribution >= 0.6 is 0 Å². The molecule has 3 heterocycles. The molecule has 4 rings (SSSR count). The number of hydrogen-bond donors (Lipinski definition) is 0. The highest BCUT2D eigenvalue weighted by molar-refractivity contribution is 5.78. The first-order valence-corrected chi connectivity index (χ1v) is 8.10. The van der Waals surface area contributed by atoms with Gasteiger partial charge in [-0.15, -0.1) is 10.2 Å². The molecule has 1 fully saturated rings. The maximum absolute atomic E-state index is 12.6. The number of benzene rings is 1. The smallest absolute Gasteiger partial charge is 0.261 e. The zero-order chi connectivity index (χ0) is 16.4. The molecule has 6 nitrogen and oxygen atoms in total. The molecule has 0 aliphatic carbocycles. The first kappa shape index (κ1) is 14.7. The van der Waals surface area contributed by atoms with Gasteiger partial charge in [0, 0.05) is 12.7 Å². The van der Waals surface area contributed by atoms with Crippen molar-refractivity contribution in [2.75, 3.05) is 13.2 Å². The largest absolute Gasteiger partial charge is 0.484 e. The van der Waals surface area contributed by atoms with E-state index < -0.39 is 0 Å². The van der Waals surface area contributed by atoms with Crippen molar-refractivity contribution in [3.8, 4) is 5.75 Å². The molecule has 24 heavy (non-hydrogen) atoms. The molecule has 3 aromatic rings. The summed E-state index contributed by atoms with van der Waals surface area (Å²) in [4.78, 5) is 14.5. The van der Waals surface area contributed by atoms with E-state index in [2.05, 4.69) is 10.2 Å². The Bertz CT molecular complexity index is 846. The molecule has 0 N–H and O–H groups in total. The lowest BCUT2D eigenvalue weighted by Crippen LogP contribution is -2.35. The summed E-state index contributed by atoms with van der Waals surface area (Å²) in [5.41, 5.74) is 0.798. The molecule has 0 saturated carbocycles. The number of rotatable bonds is 4. The monoisotopic (exact) mass is 322 g/mol. The molecule has 0 radical (unpaired) electrons. The Labute approximate surface area is 139 Å². The van der Waals surface area contributed by atoms with Crippen LogP contribution in [0, 0.1) is 0 Å². The first-order chi connectivity index (χ1) is 11.8. The minimum absolute atomic E-state index is 0.0194. The van der Waals surface area contributed by atoms with Crippen molar-refractivity contribution in [3.05, 3.63) is 60.6 Å². The van der Waals surface area contributed by atoms with Gasteiger partial charge in [-0.2, -0.15) is 0 Å². The molecule has 1 aliphatic heterocycles. The Morgan fingerprint density at radius 2 is 1.96 bits per heavy atom. The van der Waals surface area contributed by atoms with Gasteiger partial charge in [-0.25, -0.2) is 0 Å². The van der Waals surface area contributed by atoms with Crippen LogP contribution in [0.3, 0.4) is 0 Å². The van der Waals surface area contributed by atoms with E-state index in [0.29, 0.717) is 5.75 Å². The molecule has 1 unspecified atom stereocenters. The van der Waals surface area contributed by atoms with Gasteiger partial charge < -0.3 is 9.64 Å². The van der Waals surface area contributed by atoms with Gasteiger partial charge in [0.2, 0.25) is 0 Å². The number of nitrogens with zero attached hydrogens (tertiary/aromatic N) is 4. The topological polar surface area (TPSA) is 59.7 Å². The van der Waals surface area contributed by atoms with Crippen LogP contribution < -0.4 is 4.74 Å². The molecule has 1 aromatic carbocycles. The second kappa shape index (κ2) is 6.31. The average molecular weight is 322 g/mol. The fourth-order valence-electron chi connectivity index (χ4n) is 3.17. The molecule has 122 valence electrons. The van der Waals surface area contributed by atoms with Gasteiger partial charge in [-0.3, -0.25) is 9.20 Å². The number of likely N-dealkylation sites (tertiary alicyclic amines) is 1. The van der Waals surface area contributed by atoms with Crippen LogP contribution in [0.2, 0.25) is 0 Å². The Morgan fingerprint density at radius 3 is 2.83 bits per heavy atom. The second-order valence-electron chi connectivity index (χ2n) is 5.83. The molecule has 0 spiro atoms. The van der Waals surface area contributed by atoms with Crippen molar-refractivity contribution in [2.24, 2.45) is 0 Å². The maximum Gasteiger partial charge on any atom is 0.261 e. The predicted octanol–water partition coefficient (Wildman–Crippen LogP) is 2.47. The molecule has 1 atom stereocenters. The van der Waals surface area contributed by atoms with Crippen LogP contribution in [0.1, 0.15) is 24.7 Å². The van der Waals surface area contributed by atoms with Crippen LogP contribution in [0.5, 0.6) is 5.75 Å². The average Bonchev–Trinajstić information content (AvgIpc) is 3.27. The first-order valence-electron chi connectivity index (χ1n) is 8.10. The van der Waals surface area contributed by atoms with Crippen LogP contribution in [0.4, 0.5) is 0 Å². The highest BCUT2D eigenvalue weighted by Gasteiger charge is 2.33. The van der Waals surface area contributed by atoms with Crippen molar-refractivity contribution in [3.63, 3.8) is 0 Å². The predicted molar refractivity (Wildman–Crippen MR) is 88.6 cm³/mol. The zero-order valence-electron chi connectivity index (χ0n) is 13.2. The number of hydrogen-bond acceptors (Lipinski definition) is 4. The van der Waals surface area contributed by atoms with Crippen molar-refractivity contribution >= 4 is 11.6 Å². The fourth-order valence-corrected chi connectivity index (χ4v) is 3.17. The summed E-state index contributed by atoms with van der Waals surface area (Å²) in [6.45, 7) is 0.765. The Kier molecular flexibility index (Phi) is 3.86. The standard InChI is InChI=1S/C18H18N4O2/c23-17(13-24-14-7-2-1-3-8-14)21-12-6-9-15(21)18-20-19-16-10-4-5-11-22(16)18/h1-5,7-8,10-11,15H,6,9,12-13H2. The van der Waals surface area contributed by atoms with E-state index in [0.717, 1.165) is 30.9 Å². The summed E-state index contributed by atoms with van der Waals surface area (Å²) < 4.78 is 7.55. The lowest BCUT2D eigenvalue weighted by atomic mass is 10.2. The minimum Gasteiger partial charge on any atom is -0.484 e. The molecule has 1 saturated heterocycles. The van der Waals surface area contributed by atoms with Crippen LogP contribution in [-0.4, -0.2) is 38.6 Å². The van der Waals surface area contributed by atoms with Crippen LogP contribution in [0.15, 0.2) is 54.7 Å². The molecule has 1 aliphatic rings. The van der Waals surface area contributed by atoms with Crippen molar-refractivity contribution in [1.29, 1.82) is 0 Å². The molecular formula is C18H18N4O2. The molecule has 1 amide bonds. The number of para-hydroxylation sites is 1. The van der Waals surface area contributed by atoms with Gasteiger partial charge in [0.25, 0.3) is 5.91 Å². The summed E-state index contributed by atoms with van der Waals surface area (Å²) in [6, 6.07) is 15.1.